The van der Waals surface area contributed by atoms with Crippen LogP contribution in [0.5, 0.6) is 5.75 Å². The van der Waals surface area contributed by atoms with Crippen LogP contribution in [0.1, 0.15) is 62.9 Å². The minimum atomic E-state index is -4.05. The zero-order chi connectivity index (χ0) is 26.9. The number of aliphatic hydroxyl groups excluding tert-OH is 1. The molecule has 2 heterocycles. The first-order chi connectivity index (χ1) is 18.3. The first kappa shape index (κ1) is 26.0. The van der Waals surface area contributed by atoms with Crippen LogP contribution >= 0.6 is 0 Å². The first-order valence-corrected chi connectivity index (χ1v) is 14.1. The smallest absolute Gasteiger partial charge is 0.296 e. The Labute approximate surface area is 220 Å². The fourth-order valence-corrected chi connectivity index (χ4v) is 6.11. The van der Waals surface area contributed by atoms with E-state index in [1.165, 1.54) is 22.7 Å². The normalized spacial score (nSPS) is 16.1. The summed E-state index contributed by atoms with van der Waals surface area (Å²) < 4.78 is 36.4. The summed E-state index contributed by atoms with van der Waals surface area (Å²) >= 11 is 0. The van der Waals surface area contributed by atoms with Gasteiger partial charge in [0.25, 0.3) is 5.56 Å². The Morgan fingerprint density at radius 1 is 1.16 bits per heavy atom. The van der Waals surface area contributed by atoms with Crippen LogP contribution in [0.4, 0.5) is 0 Å². The van der Waals surface area contributed by atoms with Crippen molar-refractivity contribution >= 4 is 15.7 Å². The quantitative estimate of drug-likeness (QED) is 0.294. The summed E-state index contributed by atoms with van der Waals surface area (Å²) in [5, 5.41) is 23.5. The van der Waals surface area contributed by atoms with Crippen LogP contribution in [-0.2, 0) is 10.0 Å². The van der Waals surface area contributed by atoms with E-state index < -0.39 is 27.7 Å². The summed E-state index contributed by atoms with van der Waals surface area (Å²) in [7, 11) is -4.05. The van der Waals surface area contributed by atoms with Crippen molar-refractivity contribution in [2.24, 2.45) is 0 Å². The van der Waals surface area contributed by atoms with Crippen molar-refractivity contribution in [2.45, 2.75) is 62.5 Å². The molecule has 1 aliphatic carbocycles. The Balaban J connectivity index is 1.53. The van der Waals surface area contributed by atoms with Crippen LogP contribution in [0, 0.1) is 0 Å². The molecule has 0 amide bonds. The number of aromatic amines is 1. The molecule has 2 unspecified atom stereocenters. The van der Waals surface area contributed by atoms with E-state index in [0.29, 0.717) is 29.3 Å². The van der Waals surface area contributed by atoms with Gasteiger partial charge in [0.1, 0.15) is 5.75 Å². The number of hydrogen-bond donors (Lipinski definition) is 3. The Morgan fingerprint density at radius 2 is 1.89 bits per heavy atom. The van der Waals surface area contributed by atoms with Gasteiger partial charge in [0.05, 0.1) is 23.2 Å². The van der Waals surface area contributed by atoms with E-state index >= 15 is 0 Å². The van der Waals surface area contributed by atoms with Crippen molar-refractivity contribution in [3.63, 3.8) is 0 Å². The van der Waals surface area contributed by atoms with Crippen LogP contribution in [0.3, 0.4) is 0 Å². The van der Waals surface area contributed by atoms with E-state index in [9.17, 15) is 18.3 Å². The lowest BCUT2D eigenvalue weighted by Crippen LogP contribution is -2.37. The van der Waals surface area contributed by atoms with Crippen LogP contribution in [0.2, 0.25) is 0 Å². The fraction of sp³-hybridized carbons (Fsp3) is 0.385. The number of ether oxygens (including phenoxy) is 1. The van der Waals surface area contributed by atoms with Gasteiger partial charge >= 0.3 is 0 Å². The van der Waals surface area contributed by atoms with E-state index in [4.69, 9.17) is 4.74 Å². The van der Waals surface area contributed by atoms with Crippen molar-refractivity contribution in [1.29, 1.82) is 0 Å². The molecular formula is C26H30N6O5S. The minimum absolute atomic E-state index is 0.0643. The van der Waals surface area contributed by atoms with Gasteiger partial charge in [0, 0.05) is 12.0 Å². The highest BCUT2D eigenvalue weighted by atomic mass is 32.2. The van der Waals surface area contributed by atoms with E-state index in [1.807, 2.05) is 6.07 Å². The van der Waals surface area contributed by atoms with Gasteiger partial charge in [-0.2, -0.15) is 4.52 Å². The number of aliphatic hydroxyl groups is 1. The number of sulfonamides is 1. The molecule has 2 aromatic heterocycles. The third-order valence-electron chi connectivity index (χ3n) is 6.79. The third-order valence-corrected chi connectivity index (χ3v) is 8.35. The van der Waals surface area contributed by atoms with E-state index in [0.717, 1.165) is 25.7 Å². The van der Waals surface area contributed by atoms with Crippen LogP contribution < -0.4 is 15.0 Å². The Bertz CT molecular complexity index is 1600. The number of nitrogens with one attached hydrogen (secondary N) is 2. The van der Waals surface area contributed by atoms with Crippen LogP contribution in [0.25, 0.3) is 17.0 Å². The second-order valence-electron chi connectivity index (χ2n) is 9.43. The molecule has 1 aliphatic rings. The lowest BCUT2D eigenvalue weighted by molar-refractivity contribution is 0.146. The third kappa shape index (κ3) is 5.06. The maximum atomic E-state index is 13.3. The maximum absolute atomic E-state index is 13.3. The molecule has 3 N–H and O–H groups in total. The van der Waals surface area contributed by atoms with Crippen LogP contribution in [0.15, 0.2) is 58.2 Å². The molecule has 200 valence electrons. The zero-order valence-electron chi connectivity index (χ0n) is 21.2. The highest BCUT2D eigenvalue weighted by molar-refractivity contribution is 7.89. The lowest BCUT2D eigenvalue weighted by atomic mass is 10.0. The molecule has 12 heteroatoms. The van der Waals surface area contributed by atoms with Gasteiger partial charge in [-0.1, -0.05) is 43.2 Å². The Hall–Kier alpha value is -3.61. The summed E-state index contributed by atoms with van der Waals surface area (Å²) in [6, 6.07) is 12.4. The minimum Gasteiger partial charge on any atom is -0.493 e. The maximum Gasteiger partial charge on any atom is 0.296 e. The fourth-order valence-electron chi connectivity index (χ4n) is 4.84. The molecule has 0 saturated heterocycles. The highest BCUT2D eigenvalue weighted by Crippen LogP contribution is 2.34. The molecule has 0 aliphatic heterocycles. The average molecular weight is 539 g/mol. The van der Waals surface area contributed by atoms with Crippen molar-refractivity contribution in [2.75, 3.05) is 6.61 Å². The average Bonchev–Trinajstić information content (AvgIpc) is 3.59. The monoisotopic (exact) mass is 538 g/mol. The molecule has 0 spiro atoms. The number of nitrogens with zero attached hydrogens (tertiary/aromatic N) is 4. The van der Waals surface area contributed by atoms with Gasteiger partial charge in [-0.15, -0.1) is 15.3 Å². The standard InChI is InChI=1S/C26H30N6O5S/c1-3-37-21-14-13-19(38(35,36)31-16(2)22(33)17-9-5-4-6-10-17)15-20(21)23-27-26(34)25-29-28-24(32(25)30-23)18-11-7-8-12-18/h4-6,9-10,13-16,18,22,31,33H,3,7-8,11-12H2,1-2H3,(H,27,30,34). The van der Waals surface area contributed by atoms with Gasteiger partial charge in [-0.3, -0.25) is 4.79 Å². The summed E-state index contributed by atoms with van der Waals surface area (Å²) in [5.74, 6) is 1.28. The molecular weight excluding hydrogens is 508 g/mol. The summed E-state index contributed by atoms with van der Waals surface area (Å²) in [6.07, 6.45) is 3.00. The number of fused-ring (bicyclic) bond motifs is 1. The number of rotatable bonds is 9. The van der Waals surface area contributed by atoms with E-state index in [1.54, 1.807) is 38.1 Å². The van der Waals surface area contributed by atoms with Crippen molar-refractivity contribution in [3.8, 4) is 17.1 Å². The first-order valence-electron chi connectivity index (χ1n) is 12.7. The molecule has 2 atom stereocenters. The largest absolute Gasteiger partial charge is 0.493 e. The SMILES string of the molecule is CCOc1ccc(S(=O)(=O)NC(C)C(O)c2ccccc2)cc1-c1nn2c(C3CCCC3)nnc2c(=O)[nH]1. The van der Waals surface area contributed by atoms with Crippen molar-refractivity contribution < 1.29 is 18.3 Å². The zero-order valence-corrected chi connectivity index (χ0v) is 22.0. The Morgan fingerprint density at radius 3 is 2.61 bits per heavy atom. The van der Waals surface area contributed by atoms with Gasteiger partial charge in [-0.05, 0) is 50.5 Å². The van der Waals surface area contributed by atoms with Gasteiger partial charge in [0.2, 0.25) is 15.7 Å². The highest BCUT2D eigenvalue weighted by Gasteiger charge is 2.27. The van der Waals surface area contributed by atoms with Crippen molar-refractivity contribution in [3.05, 3.63) is 70.3 Å². The number of H-pyrrole nitrogens is 1. The molecule has 38 heavy (non-hydrogen) atoms. The molecule has 5 rings (SSSR count). The second kappa shape index (κ2) is 10.6. The molecule has 1 saturated carbocycles. The molecule has 0 bridgehead atoms. The van der Waals surface area contributed by atoms with Gasteiger partial charge in [-0.25, -0.2) is 13.1 Å². The molecule has 1 fully saturated rings. The summed E-state index contributed by atoms with van der Waals surface area (Å²) in [6.45, 7) is 3.72. The second-order valence-corrected chi connectivity index (χ2v) is 11.1. The molecule has 2 aromatic carbocycles. The topological polar surface area (TPSA) is 152 Å². The van der Waals surface area contributed by atoms with E-state index in [-0.39, 0.29) is 22.3 Å². The molecule has 11 nitrogen and oxygen atoms in total. The number of benzene rings is 2. The predicted molar refractivity (Wildman–Crippen MR) is 140 cm³/mol. The summed E-state index contributed by atoms with van der Waals surface area (Å²) in [5.41, 5.74) is 0.496. The predicted octanol–water partition coefficient (Wildman–Crippen LogP) is 2.94. The van der Waals surface area contributed by atoms with E-state index in [2.05, 4.69) is 25.0 Å². The molecule has 4 aromatic rings. The lowest BCUT2D eigenvalue weighted by Gasteiger charge is -2.21. The Kier molecular flexibility index (Phi) is 7.28. The summed E-state index contributed by atoms with van der Waals surface area (Å²) in [4.78, 5) is 15.5. The van der Waals surface area contributed by atoms with Crippen molar-refractivity contribution in [1.82, 2.24) is 29.5 Å². The van der Waals surface area contributed by atoms with Crippen LogP contribution in [-0.4, -0.2) is 51.0 Å². The van der Waals surface area contributed by atoms with Gasteiger partial charge < -0.3 is 14.8 Å². The van der Waals surface area contributed by atoms with Gasteiger partial charge in [0.15, 0.2) is 11.6 Å². The number of aromatic nitrogens is 5. The number of hydrogen-bond acceptors (Lipinski definition) is 8. The molecule has 0 radical (unpaired) electrons.